The first-order valence-electron chi connectivity index (χ1n) is 7.68. The van der Waals surface area contributed by atoms with Gasteiger partial charge in [0.25, 0.3) is 10.0 Å². The topological polar surface area (TPSA) is 106 Å². The summed E-state index contributed by atoms with van der Waals surface area (Å²) in [6.07, 6.45) is 1.01. The van der Waals surface area contributed by atoms with E-state index in [2.05, 4.69) is 14.9 Å². The molecule has 3 rings (SSSR count). The molecule has 11 heteroatoms. The number of aromatic nitrogens is 2. The number of nitrogens with one attached hydrogen (secondary N) is 1. The van der Waals surface area contributed by atoms with E-state index in [-0.39, 0.29) is 10.7 Å². The summed E-state index contributed by atoms with van der Waals surface area (Å²) in [6.45, 7) is 0. The molecule has 3 aromatic rings. The molecule has 0 amide bonds. The summed E-state index contributed by atoms with van der Waals surface area (Å²) in [5.41, 5.74) is 1.04. The van der Waals surface area contributed by atoms with Crippen molar-refractivity contribution in [2.24, 2.45) is 0 Å². The first-order chi connectivity index (χ1) is 13.1. The fourth-order valence-electron chi connectivity index (χ4n) is 2.27. The van der Waals surface area contributed by atoms with Crippen LogP contribution in [0.4, 0.5) is 14.5 Å². The van der Waals surface area contributed by atoms with E-state index in [9.17, 15) is 25.6 Å². The number of hydrogen-bond donors (Lipinski definition) is 1. The Morgan fingerprint density at radius 3 is 2.11 bits per heavy atom. The Labute approximate surface area is 160 Å². The van der Waals surface area contributed by atoms with Crippen molar-refractivity contribution in [3.8, 4) is 11.3 Å². The first-order valence-corrected chi connectivity index (χ1v) is 11.1. The molecule has 146 valence electrons. The fourth-order valence-corrected chi connectivity index (χ4v) is 3.93. The van der Waals surface area contributed by atoms with Crippen molar-refractivity contribution in [3.05, 3.63) is 66.2 Å². The zero-order chi connectivity index (χ0) is 20.5. The lowest BCUT2D eigenvalue weighted by molar-refractivity contribution is 0.555. The van der Waals surface area contributed by atoms with Gasteiger partial charge >= 0.3 is 0 Å². The molecular weight excluding hydrogens is 412 g/mol. The van der Waals surface area contributed by atoms with Gasteiger partial charge in [-0.1, -0.05) is 12.1 Å². The van der Waals surface area contributed by atoms with E-state index in [1.165, 1.54) is 36.4 Å². The van der Waals surface area contributed by atoms with Crippen LogP contribution in [0.3, 0.4) is 0 Å². The predicted octanol–water partition coefficient (Wildman–Crippen LogP) is 2.63. The lowest BCUT2D eigenvalue weighted by Gasteiger charge is -2.09. The lowest BCUT2D eigenvalue weighted by Crippen LogP contribution is -2.14. The van der Waals surface area contributed by atoms with Crippen LogP contribution in [-0.4, -0.2) is 33.3 Å². The summed E-state index contributed by atoms with van der Waals surface area (Å²) < 4.78 is 76.5. The number of rotatable bonds is 5. The van der Waals surface area contributed by atoms with Crippen LogP contribution in [-0.2, 0) is 19.9 Å². The van der Waals surface area contributed by atoms with Gasteiger partial charge in [-0.15, -0.1) is 10.2 Å². The summed E-state index contributed by atoms with van der Waals surface area (Å²) in [6, 6.07) is 10.7. The lowest BCUT2D eigenvalue weighted by atomic mass is 10.1. The maximum absolute atomic E-state index is 13.7. The Hall–Kier alpha value is -2.92. The molecule has 0 unspecified atom stereocenters. The molecule has 0 spiro atoms. The summed E-state index contributed by atoms with van der Waals surface area (Å²) in [4.78, 5) is -0.807. The normalized spacial score (nSPS) is 12.0. The standard InChI is InChI=1S/C17H13F2N3O4S2/c1-27(23,24)17-9-8-15(20-21-17)11-2-5-13(6-3-11)22-28(25,26)16-10-12(18)4-7-14(16)19/h2-10,22H,1H3. The smallest absolute Gasteiger partial charge is 0.264 e. The highest BCUT2D eigenvalue weighted by atomic mass is 32.2. The SMILES string of the molecule is CS(=O)(=O)c1ccc(-c2ccc(NS(=O)(=O)c3cc(F)ccc3F)cc2)nn1. The third-order valence-electron chi connectivity index (χ3n) is 3.64. The molecule has 1 heterocycles. The number of hydrogen-bond acceptors (Lipinski definition) is 6. The summed E-state index contributed by atoms with van der Waals surface area (Å²) >= 11 is 0. The Morgan fingerprint density at radius 2 is 1.54 bits per heavy atom. The Morgan fingerprint density at radius 1 is 0.857 bits per heavy atom. The van der Waals surface area contributed by atoms with E-state index in [1.54, 1.807) is 0 Å². The van der Waals surface area contributed by atoms with E-state index in [0.29, 0.717) is 17.3 Å². The minimum Gasteiger partial charge on any atom is -0.280 e. The number of benzene rings is 2. The van der Waals surface area contributed by atoms with Gasteiger partial charge < -0.3 is 0 Å². The van der Waals surface area contributed by atoms with Gasteiger partial charge in [-0.3, -0.25) is 4.72 Å². The quantitative estimate of drug-likeness (QED) is 0.674. The fraction of sp³-hybridized carbons (Fsp3) is 0.0588. The van der Waals surface area contributed by atoms with Crippen LogP contribution in [0, 0.1) is 11.6 Å². The van der Waals surface area contributed by atoms with Gasteiger partial charge in [-0.2, -0.15) is 0 Å². The van der Waals surface area contributed by atoms with E-state index in [1.807, 2.05) is 0 Å². The van der Waals surface area contributed by atoms with E-state index in [4.69, 9.17) is 0 Å². The molecule has 0 saturated heterocycles. The van der Waals surface area contributed by atoms with Crippen LogP contribution in [0.2, 0.25) is 0 Å². The average Bonchev–Trinajstić information content (AvgIpc) is 2.63. The summed E-state index contributed by atoms with van der Waals surface area (Å²) in [5, 5.41) is 7.30. The second-order valence-electron chi connectivity index (χ2n) is 5.79. The molecule has 0 aliphatic heterocycles. The van der Waals surface area contributed by atoms with Crippen molar-refractivity contribution >= 4 is 25.5 Å². The van der Waals surface area contributed by atoms with E-state index in [0.717, 1.165) is 18.4 Å². The monoisotopic (exact) mass is 425 g/mol. The Kier molecular flexibility index (Phi) is 5.13. The van der Waals surface area contributed by atoms with Gasteiger partial charge in [0.05, 0.1) is 5.69 Å². The summed E-state index contributed by atoms with van der Waals surface area (Å²) in [5.74, 6) is -1.96. The molecule has 0 aliphatic carbocycles. The van der Waals surface area contributed by atoms with Gasteiger partial charge in [0.15, 0.2) is 14.9 Å². The van der Waals surface area contributed by atoms with Crippen LogP contribution in [0.15, 0.2) is 64.5 Å². The zero-order valence-electron chi connectivity index (χ0n) is 14.3. The number of sulfonamides is 1. The molecular formula is C17H13F2N3O4S2. The van der Waals surface area contributed by atoms with Crippen molar-refractivity contribution in [2.75, 3.05) is 11.0 Å². The Balaban J connectivity index is 1.84. The molecule has 1 aromatic heterocycles. The second-order valence-corrected chi connectivity index (χ2v) is 9.40. The third kappa shape index (κ3) is 4.31. The van der Waals surface area contributed by atoms with Crippen LogP contribution >= 0.6 is 0 Å². The van der Waals surface area contributed by atoms with Gasteiger partial charge in [-0.25, -0.2) is 25.6 Å². The predicted molar refractivity (Wildman–Crippen MR) is 97.7 cm³/mol. The average molecular weight is 425 g/mol. The molecule has 7 nitrogen and oxygen atoms in total. The van der Waals surface area contributed by atoms with Crippen LogP contribution in [0.1, 0.15) is 0 Å². The van der Waals surface area contributed by atoms with Crippen LogP contribution in [0.5, 0.6) is 0 Å². The van der Waals surface area contributed by atoms with Gasteiger partial charge in [0, 0.05) is 17.5 Å². The minimum atomic E-state index is -4.33. The van der Waals surface area contributed by atoms with Crippen LogP contribution < -0.4 is 4.72 Å². The van der Waals surface area contributed by atoms with Gasteiger partial charge in [0.2, 0.25) is 0 Å². The van der Waals surface area contributed by atoms with Gasteiger partial charge in [0.1, 0.15) is 16.5 Å². The highest BCUT2D eigenvalue weighted by Crippen LogP contribution is 2.23. The Bertz CT molecular complexity index is 1230. The molecule has 0 fully saturated rings. The first kappa shape index (κ1) is 19.8. The molecule has 1 N–H and O–H groups in total. The molecule has 0 radical (unpaired) electrons. The van der Waals surface area contributed by atoms with Gasteiger partial charge in [-0.05, 0) is 42.5 Å². The molecule has 28 heavy (non-hydrogen) atoms. The zero-order valence-corrected chi connectivity index (χ0v) is 15.9. The number of halogens is 2. The highest BCUT2D eigenvalue weighted by Gasteiger charge is 2.20. The molecule has 0 atom stereocenters. The second kappa shape index (κ2) is 7.24. The van der Waals surface area contributed by atoms with E-state index < -0.39 is 36.4 Å². The van der Waals surface area contributed by atoms with E-state index >= 15 is 0 Å². The van der Waals surface area contributed by atoms with Crippen molar-refractivity contribution < 1.29 is 25.6 Å². The van der Waals surface area contributed by atoms with Crippen molar-refractivity contribution in [1.82, 2.24) is 10.2 Å². The minimum absolute atomic E-state index is 0.119. The highest BCUT2D eigenvalue weighted by molar-refractivity contribution is 7.92. The van der Waals surface area contributed by atoms with Crippen molar-refractivity contribution in [2.45, 2.75) is 9.92 Å². The number of sulfone groups is 1. The molecule has 2 aromatic carbocycles. The van der Waals surface area contributed by atoms with Crippen molar-refractivity contribution in [3.63, 3.8) is 0 Å². The van der Waals surface area contributed by atoms with Crippen LogP contribution in [0.25, 0.3) is 11.3 Å². The third-order valence-corrected chi connectivity index (χ3v) is 6.01. The maximum Gasteiger partial charge on any atom is 0.264 e. The molecule has 0 saturated carbocycles. The number of nitrogens with zero attached hydrogens (tertiary/aromatic N) is 2. The summed E-state index contributed by atoms with van der Waals surface area (Å²) in [7, 11) is -7.80. The maximum atomic E-state index is 13.7. The largest absolute Gasteiger partial charge is 0.280 e. The molecule has 0 bridgehead atoms. The van der Waals surface area contributed by atoms with Crippen molar-refractivity contribution in [1.29, 1.82) is 0 Å². The number of anilines is 1. The molecule has 0 aliphatic rings.